The Morgan fingerprint density at radius 1 is 1.04 bits per heavy atom. The summed E-state index contributed by atoms with van der Waals surface area (Å²) in [5, 5.41) is 14.6. The van der Waals surface area contributed by atoms with Crippen LogP contribution >= 0.6 is 11.3 Å². The van der Waals surface area contributed by atoms with E-state index in [1.165, 1.54) is 11.3 Å². The third-order valence-electron chi connectivity index (χ3n) is 3.70. The molecule has 0 radical (unpaired) electrons. The number of aryl methyl sites for hydroxylation is 1. The monoisotopic (exact) mass is 366 g/mol. The van der Waals surface area contributed by atoms with Crippen molar-refractivity contribution in [3.05, 3.63) is 65.7 Å². The number of carbonyl (C=O) groups excluding carboxylic acids is 2. The van der Waals surface area contributed by atoms with Crippen LogP contribution in [0.15, 0.2) is 54.6 Å². The van der Waals surface area contributed by atoms with Gasteiger partial charge in [0, 0.05) is 11.1 Å². The second-order valence-electron chi connectivity index (χ2n) is 5.83. The molecule has 0 spiro atoms. The quantitative estimate of drug-likeness (QED) is 0.726. The van der Waals surface area contributed by atoms with Crippen LogP contribution in [0.3, 0.4) is 0 Å². The summed E-state index contributed by atoms with van der Waals surface area (Å²) in [5.74, 6) is -0.646. The van der Waals surface area contributed by atoms with Crippen LogP contribution in [0, 0.1) is 6.92 Å². The molecule has 0 bridgehead atoms. The number of hydrogen-bond acceptors (Lipinski definition) is 5. The molecule has 7 heteroatoms. The molecule has 26 heavy (non-hydrogen) atoms. The van der Waals surface area contributed by atoms with Gasteiger partial charge in [0.15, 0.2) is 0 Å². The molecule has 3 aromatic rings. The van der Waals surface area contributed by atoms with Crippen LogP contribution in [0.5, 0.6) is 0 Å². The number of nitrogens with zero attached hydrogens (tertiary/aromatic N) is 2. The molecule has 132 valence electrons. The zero-order chi connectivity index (χ0) is 18.5. The Kier molecular flexibility index (Phi) is 5.38. The van der Waals surface area contributed by atoms with Crippen molar-refractivity contribution >= 4 is 28.3 Å². The first-order chi connectivity index (χ1) is 12.5. The van der Waals surface area contributed by atoms with E-state index in [1.54, 1.807) is 31.2 Å². The van der Waals surface area contributed by atoms with Gasteiger partial charge in [0.25, 0.3) is 5.91 Å². The van der Waals surface area contributed by atoms with Gasteiger partial charge < -0.3 is 5.32 Å². The average Bonchev–Trinajstić information content (AvgIpc) is 3.11. The van der Waals surface area contributed by atoms with Crippen LogP contribution < -0.4 is 10.6 Å². The van der Waals surface area contributed by atoms with Crippen molar-refractivity contribution in [1.29, 1.82) is 0 Å². The van der Waals surface area contributed by atoms with E-state index < -0.39 is 6.04 Å². The molecule has 0 aliphatic rings. The Morgan fingerprint density at radius 2 is 1.81 bits per heavy atom. The van der Waals surface area contributed by atoms with E-state index in [9.17, 15) is 9.59 Å². The molecule has 2 amide bonds. The summed E-state index contributed by atoms with van der Waals surface area (Å²) in [4.78, 5) is 24.4. The Labute approximate surface area is 155 Å². The molecule has 0 fully saturated rings. The highest BCUT2D eigenvalue weighted by molar-refractivity contribution is 7.18. The lowest BCUT2D eigenvalue weighted by Crippen LogP contribution is -2.41. The molecular weight excluding hydrogens is 348 g/mol. The molecule has 1 atom stereocenters. The number of aromatic nitrogens is 2. The fraction of sp³-hybridized carbons (Fsp3) is 0.158. The van der Waals surface area contributed by atoms with Gasteiger partial charge in [-0.15, -0.1) is 10.2 Å². The standard InChI is InChI=1S/C19H18N4O2S/c1-12-7-6-10-15(11-12)18-22-23-19(26-18)21-16(24)13(2)20-17(25)14-8-4-3-5-9-14/h3-11,13H,1-2H3,(H,20,25)(H,21,23,24)/t13-/m0/s1. The van der Waals surface area contributed by atoms with E-state index in [1.807, 2.05) is 37.3 Å². The number of anilines is 1. The van der Waals surface area contributed by atoms with Crippen molar-refractivity contribution in [2.75, 3.05) is 5.32 Å². The van der Waals surface area contributed by atoms with Gasteiger partial charge >= 0.3 is 0 Å². The van der Waals surface area contributed by atoms with Gasteiger partial charge in [-0.1, -0.05) is 53.3 Å². The highest BCUT2D eigenvalue weighted by Crippen LogP contribution is 2.26. The van der Waals surface area contributed by atoms with Crippen molar-refractivity contribution in [3.63, 3.8) is 0 Å². The molecule has 0 saturated carbocycles. The molecule has 0 unspecified atom stereocenters. The Bertz CT molecular complexity index is 924. The number of amides is 2. The van der Waals surface area contributed by atoms with E-state index in [0.29, 0.717) is 10.7 Å². The van der Waals surface area contributed by atoms with Crippen molar-refractivity contribution < 1.29 is 9.59 Å². The van der Waals surface area contributed by atoms with Gasteiger partial charge in [0.2, 0.25) is 11.0 Å². The predicted molar refractivity (Wildman–Crippen MR) is 102 cm³/mol. The molecule has 0 saturated heterocycles. The minimum atomic E-state index is -0.700. The average molecular weight is 366 g/mol. The predicted octanol–water partition coefficient (Wildman–Crippen LogP) is 3.27. The summed E-state index contributed by atoms with van der Waals surface area (Å²) in [6.45, 7) is 3.63. The smallest absolute Gasteiger partial charge is 0.251 e. The topological polar surface area (TPSA) is 84.0 Å². The van der Waals surface area contributed by atoms with Crippen LogP contribution in [0.1, 0.15) is 22.8 Å². The summed E-state index contributed by atoms with van der Waals surface area (Å²) in [6.07, 6.45) is 0. The summed E-state index contributed by atoms with van der Waals surface area (Å²) in [6, 6.07) is 16.0. The van der Waals surface area contributed by atoms with E-state index in [0.717, 1.165) is 16.1 Å². The summed E-state index contributed by atoms with van der Waals surface area (Å²) in [5.41, 5.74) is 2.58. The first-order valence-electron chi connectivity index (χ1n) is 8.10. The summed E-state index contributed by atoms with van der Waals surface area (Å²) in [7, 11) is 0. The lowest BCUT2D eigenvalue weighted by atomic mass is 10.1. The highest BCUT2D eigenvalue weighted by Gasteiger charge is 2.18. The molecular formula is C19H18N4O2S. The number of benzene rings is 2. The maximum Gasteiger partial charge on any atom is 0.251 e. The van der Waals surface area contributed by atoms with E-state index >= 15 is 0 Å². The lowest BCUT2D eigenvalue weighted by molar-refractivity contribution is -0.117. The largest absolute Gasteiger partial charge is 0.341 e. The number of carbonyl (C=O) groups is 2. The van der Waals surface area contributed by atoms with Crippen molar-refractivity contribution in [3.8, 4) is 10.6 Å². The summed E-state index contributed by atoms with van der Waals surface area (Å²) < 4.78 is 0. The first kappa shape index (κ1) is 17.8. The fourth-order valence-electron chi connectivity index (χ4n) is 2.32. The van der Waals surface area contributed by atoms with Crippen molar-refractivity contribution in [2.24, 2.45) is 0 Å². The molecule has 2 N–H and O–H groups in total. The maximum absolute atomic E-state index is 12.3. The van der Waals surface area contributed by atoms with Gasteiger partial charge in [-0.2, -0.15) is 0 Å². The van der Waals surface area contributed by atoms with Gasteiger partial charge in [-0.25, -0.2) is 0 Å². The SMILES string of the molecule is Cc1cccc(-c2nnc(NC(=O)[C@H](C)NC(=O)c3ccccc3)s2)c1. The normalized spacial score (nSPS) is 11.6. The number of rotatable bonds is 5. The van der Waals surface area contributed by atoms with E-state index in [-0.39, 0.29) is 11.8 Å². The second kappa shape index (κ2) is 7.88. The van der Waals surface area contributed by atoms with Gasteiger partial charge in [-0.3, -0.25) is 14.9 Å². The molecule has 0 aliphatic heterocycles. The Hall–Kier alpha value is -3.06. The number of hydrogen-bond donors (Lipinski definition) is 2. The molecule has 6 nitrogen and oxygen atoms in total. The Balaban J connectivity index is 1.62. The van der Waals surface area contributed by atoms with E-state index in [2.05, 4.69) is 20.8 Å². The number of nitrogens with one attached hydrogen (secondary N) is 2. The third kappa shape index (κ3) is 4.31. The minimum absolute atomic E-state index is 0.300. The maximum atomic E-state index is 12.3. The van der Waals surface area contributed by atoms with Gasteiger partial charge in [0.05, 0.1) is 0 Å². The van der Waals surface area contributed by atoms with Crippen LogP contribution in [-0.2, 0) is 4.79 Å². The molecule has 1 heterocycles. The lowest BCUT2D eigenvalue weighted by Gasteiger charge is -2.12. The molecule has 2 aromatic carbocycles. The molecule has 0 aliphatic carbocycles. The minimum Gasteiger partial charge on any atom is -0.341 e. The van der Waals surface area contributed by atoms with Crippen LogP contribution in [0.25, 0.3) is 10.6 Å². The van der Waals surface area contributed by atoms with E-state index in [4.69, 9.17) is 0 Å². The second-order valence-corrected chi connectivity index (χ2v) is 6.81. The van der Waals surface area contributed by atoms with Crippen LogP contribution in [-0.4, -0.2) is 28.1 Å². The zero-order valence-electron chi connectivity index (χ0n) is 14.4. The van der Waals surface area contributed by atoms with Gasteiger partial charge in [-0.05, 0) is 32.0 Å². The first-order valence-corrected chi connectivity index (χ1v) is 8.92. The summed E-state index contributed by atoms with van der Waals surface area (Å²) >= 11 is 1.29. The Morgan fingerprint density at radius 3 is 2.54 bits per heavy atom. The van der Waals surface area contributed by atoms with Gasteiger partial charge in [0.1, 0.15) is 11.0 Å². The zero-order valence-corrected chi connectivity index (χ0v) is 15.2. The molecule has 1 aromatic heterocycles. The van der Waals surface area contributed by atoms with Crippen molar-refractivity contribution in [2.45, 2.75) is 19.9 Å². The van der Waals surface area contributed by atoms with Crippen molar-refractivity contribution in [1.82, 2.24) is 15.5 Å². The van der Waals surface area contributed by atoms with Crippen LogP contribution in [0.2, 0.25) is 0 Å². The third-order valence-corrected chi connectivity index (χ3v) is 4.58. The van der Waals surface area contributed by atoms with Crippen LogP contribution in [0.4, 0.5) is 5.13 Å². The molecule has 3 rings (SSSR count). The highest BCUT2D eigenvalue weighted by atomic mass is 32.1. The fourth-order valence-corrected chi connectivity index (χ4v) is 3.06.